The van der Waals surface area contributed by atoms with Crippen molar-refractivity contribution in [2.24, 2.45) is 7.05 Å². The molecule has 0 spiro atoms. The zero-order chi connectivity index (χ0) is 13.0. The van der Waals surface area contributed by atoms with Crippen LogP contribution in [0.5, 0.6) is 0 Å². The van der Waals surface area contributed by atoms with Crippen molar-refractivity contribution >= 4 is 11.7 Å². The molecule has 1 aromatic carbocycles. The first-order valence-electron chi connectivity index (χ1n) is 5.49. The van der Waals surface area contributed by atoms with Gasteiger partial charge in [0.25, 0.3) is 0 Å². The molecule has 0 aliphatic carbocycles. The Morgan fingerprint density at radius 1 is 1.44 bits per heavy atom. The number of hydrogen-bond acceptors (Lipinski definition) is 5. The number of rotatable bonds is 4. The van der Waals surface area contributed by atoms with Crippen LogP contribution in [0, 0.1) is 0 Å². The molecule has 18 heavy (non-hydrogen) atoms. The molecule has 0 radical (unpaired) electrons. The van der Waals surface area contributed by atoms with Crippen molar-refractivity contribution in [1.82, 2.24) is 15.0 Å². The van der Waals surface area contributed by atoms with Gasteiger partial charge in [-0.15, -0.1) is 5.10 Å². The van der Waals surface area contributed by atoms with Gasteiger partial charge < -0.3 is 10.5 Å². The summed E-state index contributed by atoms with van der Waals surface area (Å²) in [5, 5.41) is 7.57. The maximum atomic E-state index is 11.6. The number of benzene rings is 1. The Morgan fingerprint density at radius 2 is 2.22 bits per heavy atom. The largest absolute Gasteiger partial charge is 0.459 e. The lowest BCUT2D eigenvalue weighted by molar-refractivity contribution is -0.144. The van der Waals surface area contributed by atoms with Crippen molar-refractivity contribution in [2.75, 3.05) is 5.73 Å². The number of aromatic nitrogens is 3. The van der Waals surface area contributed by atoms with E-state index in [1.807, 2.05) is 12.1 Å². The van der Waals surface area contributed by atoms with Gasteiger partial charge in [-0.25, -0.2) is 0 Å². The Labute approximate surface area is 104 Å². The number of anilines is 1. The smallest absolute Gasteiger partial charge is 0.310 e. The molecule has 0 aliphatic rings. The third-order valence-corrected chi connectivity index (χ3v) is 2.42. The molecule has 0 saturated carbocycles. The summed E-state index contributed by atoms with van der Waals surface area (Å²) < 4.78 is 6.64. The highest BCUT2D eigenvalue weighted by Crippen LogP contribution is 2.11. The van der Waals surface area contributed by atoms with Gasteiger partial charge in [-0.1, -0.05) is 23.4 Å². The van der Waals surface area contributed by atoms with Crippen LogP contribution in [-0.4, -0.2) is 21.0 Å². The molecule has 0 amide bonds. The molecule has 0 atom stereocenters. The van der Waals surface area contributed by atoms with E-state index in [0.29, 0.717) is 11.4 Å². The van der Waals surface area contributed by atoms with E-state index in [-0.39, 0.29) is 19.0 Å². The number of para-hydroxylation sites is 1. The average Bonchev–Trinajstić information content (AvgIpc) is 2.76. The highest BCUT2D eigenvalue weighted by Gasteiger charge is 2.08. The number of hydrogen-bond donors (Lipinski definition) is 1. The fraction of sp³-hybridized carbons (Fsp3) is 0.250. The number of aryl methyl sites for hydroxylation is 1. The number of carbonyl (C=O) groups excluding carboxylic acids is 1. The minimum atomic E-state index is -0.335. The highest BCUT2D eigenvalue weighted by molar-refractivity contribution is 5.74. The number of nitrogen functional groups attached to an aromatic ring is 1. The molecule has 2 N–H and O–H groups in total. The van der Waals surface area contributed by atoms with Gasteiger partial charge >= 0.3 is 5.97 Å². The molecule has 1 aromatic heterocycles. The molecule has 0 saturated heterocycles. The van der Waals surface area contributed by atoms with E-state index in [2.05, 4.69) is 10.3 Å². The van der Waals surface area contributed by atoms with Gasteiger partial charge in [0.15, 0.2) is 0 Å². The number of nitrogens with two attached hydrogens (primary N) is 1. The number of esters is 1. The van der Waals surface area contributed by atoms with Gasteiger partial charge in [0, 0.05) is 12.7 Å². The van der Waals surface area contributed by atoms with Crippen LogP contribution in [0.4, 0.5) is 5.69 Å². The maximum Gasteiger partial charge on any atom is 0.310 e. The SMILES string of the molecule is Cn1cc(COC(=O)Cc2ccccc2N)nn1. The summed E-state index contributed by atoms with van der Waals surface area (Å²) >= 11 is 0. The molecular formula is C12H14N4O2. The Kier molecular flexibility index (Phi) is 3.57. The summed E-state index contributed by atoms with van der Waals surface area (Å²) in [7, 11) is 1.75. The zero-order valence-corrected chi connectivity index (χ0v) is 10.0. The molecule has 2 rings (SSSR count). The summed E-state index contributed by atoms with van der Waals surface area (Å²) in [5.74, 6) is -0.335. The minimum absolute atomic E-state index is 0.124. The predicted molar refractivity (Wildman–Crippen MR) is 65.4 cm³/mol. The Hall–Kier alpha value is -2.37. The molecule has 6 heteroatoms. The van der Waals surface area contributed by atoms with Gasteiger partial charge in [0.2, 0.25) is 0 Å². The van der Waals surface area contributed by atoms with Crippen LogP contribution in [0.25, 0.3) is 0 Å². The lowest BCUT2D eigenvalue weighted by atomic mass is 10.1. The second-order valence-electron chi connectivity index (χ2n) is 3.92. The van der Waals surface area contributed by atoms with E-state index in [9.17, 15) is 4.79 Å². The average molecular weight is 246 g/mol. The van der Waals surface area contributed by atoms with Gasteiger partial charge in [-0.3, -0.25) is 9.48 Å². The second-order valence-corrected chi connectivity index (χ2v) is 3.92. The molecule has 0 aliphatic heterocycles. The van der Waals surface area contributed by atoms with Crippen molar-refractivity contribution in [2.45, 2.75) is 13.0 Å². The molecule has 2 aromatic rings. The molecule has 0 unspecified atom stereocenters. The number of nitrogens with zero attached hydrogens (tertiary/aromatic N) is 3. The fourth-order valence-electron chi connectivity index (χ4n) is 1.52. The van der Waals surface area contributed by atoms with E-state index in [1.54, 1.807) is 30.1 Å². The molecule has 0 bridgehead atoms. The fourth-order valence-corrected chi connectivity index (χ4v) is 1.52. The van der Waals surface area contributed by atoms with E-state index in [0.717, 1.165) is 5.56 Å². The van der Waals surface area contributed by atoms with Crippen LogP contribution in [0.3, 0.4) is 0 Å². The van der Waals surface area contributed by atoms with Crippen molar-refractivity contribution in [3.05, 3.63) is 41.7 Å². The summed E-state index contributed by atoms with van der Waals surface area (Å²) in [6, 6.07) is 7.22. The monoisotopic (exact) mass is 246 g/mol. The third kappa shape index (κ3) is 3.07. The predicted octanol–water partition coefficient (Wildman–Crippen LogP) is 0.683. The zero-order valence-electron chi connectivity index (χ0n) is 10.0. The first kappa shape index (κ1) is 12.1. The van der Waals surface area contributed by atoms with E-state index in [1.165, 1.54) is 0 Å². The highest BCUT2D eigenvalue weighted by atomic mass is 16.5. The normalized spacial score (nSPS) is 10.3. The van der Waals surface area contributed by atoms with Crippen molar-refractivity contribution in [3.63, 3.8) is 0 Å². The molecule has 94 valence electrons. The molecule has 6 nitrogen and oxygen atoms in total. The summed E-state index contributed by atoms with van der Waals surface area (Å²) in [6.45, 7) is 0.124. The van der Waals surface area contributed by atoms with E-state index < -0.39 is 0 Å². The van der Waals surface area contributed by atoms with Crippen LogP contribution < -0.4 is 5.73 Å². The number of ether oxygens (including phenoxy) is 1. The Bertz CT molecular complexity index is 551. The standard InChI is InChI=1S/C12H14N4O2/c1-16-7-10(14-15-16)8-18-12(17)6-9-4-2-3-5-11(9)13/h2-5,7H,6,8,13H2,1H3. The first-order chi connectivity index (χ1) is 8.65. The van der Waals surface area contributed by atoms with Gasteiger partial charge in [0.05, 0.1) is 12.6 Å². The van der Waals surface area contributed by atoms with Crippen molar-refractivity contribution in [3.8, 4) is 0 Å². The maximum absolute atomic E-state index is 11.6. The second kappa shape index (κ2) is 5.31. The molecule has 0 fully saturated rings. The van der Waals surface area contributed by atoms with Crippen LogP contribution in [0.2, 0.25) is 0 Å². The topological polar surface area (TPSA) is 83.0 Å². The van der Waals surface area contributed by atoms with Crippen LogP contribution in [-0.2, 0) is 29.6 Å². The summed E-state index contributed by atoms with van der Waals surface area (Å²) in [5.41, 5.74) is 7.72. The van der Waals surface area contributed by atoms with Gasteiger partial charge in [0.1, 0.15) is 12.3 Å². The summed E-state index contributed by atoms with van der Waals surface area (Å²) in [6.07, 6.45) is 1.86. The van der Waals surface area contributed by atoms with Crippen LogP contribution in [0.15, 0.2) is 30.5 Å². The Balaban J connectivity index is 1.88. The minimum Gasteiger partial charge on any atom is -0.459 e. The van der Waals surface area contributed by atoms with Crippen LogP contribution >= 0.6 is 0 Å². The van der Waals surface area contributed by atoms with Crippen molar-refractivity contribution in [1.29, 1.82) is 0 Å². The molecule has 1 heterocycles. The third-order valence-electron chi connectivity index (χ3n) is 2.42. The van der Waals surface area contributed by atoms with Crippen molar-refractivity contribution < 1.29 is 9.53 Å². The number of carbonyl (C=O) groups is 1. The summed E-state index contributed by atoms with van der Waals surface area (Å²) in [4.78, 5) is 11.6. The van der Waals surface area contributed by atoms with Crippen LogP contribution in [0.1, 0.15) is 11.3 Å². The van der Waals surface area contributed by atoms with Gasteiger partial charge in [-0.2, -0.15) is 0 Å². The van der Waals surface area contributed by atoms with E-state index in [4.69, 9.17) is 10.5 Å². The first-order valence-corrected chi connectivity index (χ1v) is 5.49. The molecular weight excluding hydrogens is 232 g/mol. The lowest BCUT2D eigenvalue weighted by Gasteiger charge is -2.05. The van der Waals surface area contributed by atoms with E-state index >= 15 is 0 Å². The Morgan fingerprint density at radius 3 is 2.89 bits per heavy atom. The van der Waals surface area contributed by atoms with Gasteiger partial charge in [-0.05, 0) is 11.6 Å². The quantitative estimate of drug-likeness (QED) is 0.633. The lowest BCUT2D eigenvalue weighted by Crippen LogP contribution is -2.09.